The number of ketones is 1. The fourth-order valence-corrected chi connectivity index (χ4v) is 1.35. The Morgan fingerprint density at radius 1 is 1.46 bits per heavy atom. The lowest BCUT2D eigenvalue weighted by atomic mass is 9.93. The third-order valence-electron chi connectivity index (χ3n) is 2.26. The second-order valence-corrected chi connectivity index (χ2v) is 3.23. The second kappa shape index (κ2) is 3.26. The molecule has 0 atom stereocenters. The van der Waals surface area contributed by atoms with E-state index in [0.717, 1.165) is 13.1 Å². The van der Waals surface area contributed by atoms with Crippen molar-refractivity contribution in [3.8, 4) is 0 Å². The molecule has 0 radical (unpaired) electrons. The molecule has 3 heteroatoms. The summed E-state index contributed by atoms with van der Waals surface area (Å²) >= 11 is 0. The maximum absolute atomic E-state index is 12.7. The molecule has 68 valence electrons. The topological polar surface area (TPSA) is 29.1 Å². The van der Waals surface area contributed by atoms with Gasteiger partial charge in [-0.15, -0.1) is 0 Å². The van der Waals surface area contributed by atoms with Crippen molar-refractivity contribution >= 4 is 5.78 Å². The van der Waals surface area contributed by atoms with Gasteiger partial charge in [0.05, 0.1) is 0 Å². The minimum Gasteiger partial charge on any atom is -0.315 e. The molecule has 1 aliphatic rings. The number of nitrogens with one attached hydrogen (secondary N) is 1. The third-order valence-corrected chi connectivity index (χ3v) is 2.26. The van der Waals surface area contributed by atoms with Gasteiger partial charge in [0.15, 0.2) is 5.78 Å². The minimum absolute atomic E-state index is 0.0400. The molecule has 1 saturated heterocycles. The number of carbonyl (C=O) groups is 1. The van der Waals surface area contributed by atoms with Crippen molar-refractivity contribution < 1.29 is 9.18 Å². The number of rotatable bonds is 2. The molecule has 1 aliphatic heterocycles. The van der Waals surface area contributed by atoms with Crippen LogP contribution >= 0.6 is 0 Å². The number of hydrogen-bond donors (Lipinski definition) is 1. The third kappa shape index (κ3) is 1.60. The van der Waals surface area contributed by atoms with Crippen molar-refractivity contribution in [3.05, 3.63) is 35.6 Å². The van der Waals surface area contributed by atoms with Crippen LogP contribution in [-0.4, -0.2) is 18.9 Å². The fourth-order valence-electron chi connectivity index (χ4n) is 1.35. The van der Waals surface area contributed by atoms with E-state index in [9.17, 15) is 9.18 Å². The number of Topliss-reactive ketones (excluding diaryl/α,β-unsaturated/α-hetero) is 1. The Kier molecular flexibility index (Phi) is 2.10. The van der Waals surface area contributed by atoms with Gasteiger partial charge >= 0.3 is 0 Å². The first kappa shape index (κ1) is 8.38. The van der Waals surface area contributed by atoms with E-state index in [1.165, 1.54) is 12.1 Å². The molecular weight excluding hydrogens is 169 g/mol. The highest BCUT2D eigenvalue weighted by molar-refractivity contribution is 5.98. The average Bonchev–Trinajstić information content (AvgIpc) is 2.01. The van der Waals surface area contributed by atoms with Gasteiger partial charge in [-0.1, -0.05) is 12.1 Å². The standard InChI is InChI=1S/C10H10FNO/c11-9-3-1-2-7(4-9)10(13)8-5-12-6-8/h1-4,8,12H,5-6H2. The maximum Gasteiger partial charge on any atom is 0.168 e. The molecular formula is C10H10FNO. The van der Waals surface area contributed by atoms with Crippen LogP contribution in [0.2, 0.25) is 0 Å². The van der Waals surface area contributed by atoms with E-state index in [1.807, 2.05) is 0 Å². The van der Waals surface area contributed by atoms with Crippen molar-refractivity contribution in [2.45, 2.75) is 0 Å². The van der Waals surface area contributed by atoms with Crippen LogP contribution in [0, 0.1) is 11.7 Å². The summed E-state index contributed by atoms with van der Waals surface area (Å²) < 4.78 is 12.7. The molecule has 0 unspecified atom stereocenters. The predicted molar refractivity (Wildman–Crippen MR) is 47.1 cm³/mol. The van der Waals surface area contributed by atoms with E-state index in [4.69, 9.17) is 0 Å². The summed E-state index contributed by atoms with van der Waals surface area (Å²) in [6.07, 6.45) is 0. The van der Waals surface area contributed by atoms with E-state index in [2.05, 4.69) is 5.32 Å². The second-order valence-electron chi connectivity index (χ2n) is 3.23. The molecule has 13 heavy (non-hydrogen) atoms. The number of carbonyl (C=O) groups excluding carboxylic acids is 1. The van der Waals surface area contributed by atoms with Crippen molar-refractivity contribution in [3.63, 3.8) is 0 Å². The van der Waals surface area contributed by atoms with Crippen LogP contribution in [0.3, 0.4) is 0 Å². The molecule has 0 aromatic heterocycles. The van der Waals surface area contributed by atoms with Crippen LogP contribution in [-0.2, 0) is 0 Å². The van der Waals surface area contributed by atoms with Crippen LogP contribution in [0.25, 0.3) is 0 Å². The first-order valence-electron chi connectivity index (χ1n) is 4.28. The lowest BCUT2D eigenvalue weighted by Gasteiger charge is -2.25. The maximum atomic E-state index is 12.7. The van der Waals surface area contributed by atoms with Gasteiger partial charge in [-0.05, 0) is 12.1 Å². The van der Waals surface area contributed by atoms with Crippen molar-refractivity contribution in [1.82, 2.24) is 5.32 Å². The van der Waals surface area contributed by atoms with Crippen LogP contribution in [0.1, 0.15) is 10.4 Å². The summed E-state index contributed by atoms with van der Waals surface area (Å²) in [5.74, 6) is -0.266. The Hall–Kier alpha value is -1.22. The van der Waals surface area contributed by atoms with Crippen LogP contribution in [0.4, 0.5) is 4.39 Å². The molecule has 1 aromatic carbocycles. The van der Waals surface area contributed by atoms with Crippen molar-refractivity contribution in [2.24, 2.45) is 5.92 Å². The van der Waals surface area contributed by atoms with E-state index in [1.54, 1.807) is 12.1 Å². The van der Waals surface area contributed by atoms with Gasteiger partial charge in [-0.3, -0.25) is 4.79 Å². The molecule has 1 fully saturated rings. The highest BCUT2D eigenvalue weighted by Gasteiger charge is 2.25. The van der Waals surface area contributed by atoms with Crippen molar-refractivity contribution in [1.29, 1.82) is 0 Å². The Labute approximate surface area is 75.8 Å². The fraction of sp³-hybridized carbons (Fsp3) is 0.300. The van der Waals surface area contributed by atoms with Gasteiger partial charge in [0, 0.05) is 24.6 Å². The Bertz CT molecular complexity index is 333. The van der Waals surface area contributed by atoms with E-state index in [-0.39, 0.29) is 17.5 Å². The quantitative estimate of drug-likeness (QED) is 0.692. The molecule has 0 aliphatic carbocycles. The van der Waals surface area contributed by atoms with E-state index >= 15 is 0 Å². The largest absolute Gasteiger partial charge is 0.315 e. The number of hydrogen-bond acceptors (Lipinski definition) is 2. The SMILES string of the molecule is O=C(c1cccc(F)c1)C1CNC1. The van der Waals surface area contributed by atoms with E-state index in [0.29, 0.717) is 5.56 Å². The summed E-state index contributed by atoms with van der Waals surface area (Å²) in [5.41, 5.74) is 0.478. The lowest BCUT2D eigenvalue weighted by Crippen LogP contribution is -2.46. The summed E-state index contributed by atoms with van der Waals surface area (Å²) in [7, 11) is 0. The first-order valence-corrected chi connectivity index (χ1v) is 4.28. The average molecular weight is 179 g/mol. The van der Waals surface area contributed by atoms with Gasteiger partial charge < -0.3 is 5.32 Å². The Morgan fingerprint density at radius 2 is 2.23 bits per heavy atom. The zero-order valence-electron chi connectivity index (χ0n) is 7.09. The highest BCUT2D eigenvalue weighted by Crippen LogP contribution is 2.13. The Morgan fingerprint density at radius 3 is 2.77 bits per heavy atom. The summed E-state index contributed by atoms with van der Waals surface area (Å²) in [6.45, 7) is 1.44. The minimum atomic E-state index is -0.349. The summed E-state index contributed by atoms with van der Waals surface area (Å²) in [4.78, 5) is 11.6. The molecule has 2 rings (SSSR count). The van der Waals surface area contributed by atoms with Gasteiger partial charge in [0.1, 0.15) is 5.82 Å². The molecule has 0 amide bonds. The van der Waals surface area contributed by atoms with Gasteiger partial charge in [-0.25, -0.2) is 4.39 Å². The zero-order valence-corrected chi connectivity index (χ0v) is 7.09. The highest BCUT2D eigenvalue weighted by atomic mass is 19.1. The lowest BCUT2D eigenvalue weighted by molar-refractivity contribution is 0.0877. The van der Waals surface area contributed by atoms with Gasteiger partial charge in [0.2, 0.25) is 0 Å². The predicted octanol–water partition coefficient (Wildman–Crippen LogP) is 1.23. The van der Waals surface area contributed by atoms with Crippen LogP contribution < -0.4 is 5.32 Å². The summed E-state index contributed by atoms with van der Waals surface area (Å²) in [6, 6.07) is 5.86. The summed E-state index contributed by atoms with van der Waals surface area (Å²) in [5, 5.41) is 3.01. The van der Waals surface area contributed by atoms with Crippen molar-refractivity contribution in [2.75, 3.05) is 13.1 Å². The Balaban J connectivity index is 2.19. The monoisotopic (exact) mass is 179 g/mol. The van der Waals surface area contributed by atoms with Gasteiger partial charge in [0.25, 0.3) is 0 Å². The number of benzene rings is 1. The smallest absolute Gasteiger partial charge is 0.168 e. The normalized spacial score (nSPS) is 16.7. The van der Waals surface area contributed by atoms with Crippen LogP contribution in [0.15, 0.2) is 24.3 Å². The number of halogens is 1. The molecule has 1 heterocycles. The molecule has 0 bridgehead atoms. The first-order chi connectivity index (χ1) is 6.27. The van der Waals surface area contributed by atoms with E-state index < -0.39 is 0 Å². The molecule has 2 nitrogen and oxygen atoms in total. The van der Waals surface area contributed by atoms with Gasteiger partial charge in [-0.2, -0.15) is 0 Å². The molecule has 0 spiro atoms. The molecule has 1 aromatic rings. The van der Waals surface area contributed by atoms with Crippen LogP contribution in [0.5, 0.6) is 0 Å². The zero-order chi connectivity index (χ0) is 9.26. The molecule has 1 N–H and O–H groups in total. The molecule has 0 saturated carbocycles.